The van der Waals surface area contributed by atoms with Crippen molar-refractivity contribution in [1.29, 1.82) is 0 Å². The van der Waals surface area contributed by atoms with Crippen LogP contribution in [0.1, 0.15) is 69.7 Å². The fourth-order valence-electron chi connectivity index (χ4n) is 2.91. The molecule has 2 rings (SSSR count). The molecule has 0 aliphatic carbocycles. The van der Waals surface area contributed by atoms with E-state index in [1.54, 1.807) is 0 Å². The second kappa shape index (κ2) is 7.85. The molecule has 1 fully saturated rings. The average Bonchev–Trinajstić information content (AvgIpc) is 2.52. The summed E-state index contributed by atoms with van der Waals surface area (Å²) in [6, 6.07) is 2.55. The molecule has 1 saturated heterocycles. The lowest BCUT2D eigenvalue weighted by Gasteiger charge is -2.34. The minimum Gasteiger partial charge on any atom is -0.314 e. The number of nitrogens with zero attached hydrogens (tertiary/aromatic N) is 3. The molecule has 0 bridgehead atoms. The Labute approximate surface area is 129 Å². The molecule has 118 valence electrons. The van der Waals surface area contributed by atoms with Crippen LogP contribution in [-0.2, 0) is 6.42 Å². The van der Waals surface area contributed by atoms with Crippen molar-refractivity contribution in [3.05, 3.63) is 23.3 Å². The summed E-state index contributed by atoms with van der Waals surface area (Å²) < 4.78 is 0. The molecule has 0 aromatic carbocycles. The Bertz CT molecular complexity index is 438. The van der Waals surface area contributed by atoms with E-state index in [0.717, 1.165) is 44.8 Å². The van der Waals surface area contributed by atoms with Crippen LogP contribution in [0.25, 0.3) is 0 Å². The smallest absolute Gasteiger partial charge is 0.145 e. The van der Waals surface area contributed by atoms with Crippen LogP contribution < -0.4 is 5.32 Å². The van der Waals surface area contributed by atoms with Gasteiger partial charge in [-0.15, -0.1) is 0 Å². The molecule has 1 aliphatic heterocycles. The molecule has 1 aromatic heterocycles. The Morgan fingerprint density at radius 3 is 2.48 bits per heavy atom. The molecular weight excluding hydrogens is 260 g/mol. The maximum atomic E-state index is 4.90. The van der Waals surface area contributed by atoms with Crippen molar-refractivity contribution in [3.8, 4) is 0 Å². The summed E-state index contributed by atoms with van der Waals surface area (Å²) in [6.07, 6.45) is 3.30. The Kier molecular flexibility index (Phi) is 6.12. The SMILES string of the molecule is CCCC(c1nc(CC)cc(C(C)C)n1)N1CCNCC1. The Balaban J connectivity index is 2.31. The van der Waals surface area contributed by atoms with Crippen molar-refractivity contribution < 1.29 is 0 Å². The predicted molar refractivity (Wildman–Crippen MR) is 87.6 cm³/mol. The van der Waals surface area contributed by atoms with Crippen LogP contribution in [0.2, 0.25) is 0 Å². The number of hydrogen-bond acceptors (Lipinski definition) is 4. The van der Waals surface area contributed by atoms with Gasteiger partial charge in [-0.05, 0) is 24.8 Å². The van der Waals surface area contributed by atoms with E-state index in [9.17, 15) is 0 Å². The summed E-state index contributed by atoms with van der Waals surface area (Å²) in [6.45, 7) is 13.2. The van der Waals surface area contributed by atoms with E-state index in [-0.39, 0.29) is 0 Å². The third-order valence-corrected chi connectivity index (χ3v) is 4.22. The highest BCUT2D eigenvalue weighted by Crippen LogP contribution is 2.25. The first kappa shape index (κ1) is 16.4. The molecule has 1 aromatic rings. The molecule has 4 nitrogen and oxygen atoms in total. The largest absolute Gasteiger partial charge is 0.314 e. The molecule has 0 saturated carbocycles. The Morgan fingerprint density at radius 2 is 1.90 bits per heavy atom. The molecule has 21 heavy (non-hydrogen) atoms. The molecule has 4 heteroatoms. The summed E-state index contributed by atoms with van der Waals surface area (Å²) in [5.74, 6) is 1.50. The van der Waals surface area contributed by atoms with Gasteiger partial charge in [0.2, 0.25) is 0 Å². The zero-order valence-electron chi connectivity index (χ0n) is 14.0. The number of hydrogen-bond donors (Lipinski definition) is 1. The molecule has 1 N–H and O–H groups in total. The minimum atomic E-state index is 0.376. The van der Waals surface area contributed by atoms with Gasteiger partial charge in [0.25, 0.3) is 0 Å². The van der Waals surface area contributed by atoms with Crippen molar-refractivity contribution in [1.82, 2.24) is 20.2 Å². The van der Waals surface area contributed by atoms with Crippen LogP contribution >= 0.6 is 0 Å². The van der Waals surface area contributed by atoms with Crippen molar-refractivity contribution >= 4 is 0 Å². The lowest BCUT2D eigenvalue weighted by atomic mass is 10.1. The van der Waals surface area contributed by atoms with E-state index in [2.05, 4.69) is 44.0 Å². The molecule has 1 aliphatic rings. The van der Waals surface area contributed by atoms with Crippen molar-refractivity contribution in [2.75, 3.05) is 26.2 Å². The van der Waals surface area contributed by atoms with Gasteiger partial charge in [0, 0.05) is 37.6 Å². The van der Waals surface area contributed by atoms with Crippen molar-refractivity contribution in [3.63, 3.8) is 0 Å². The second-order valence-electron chi connectivity index (χ2n) is 6.24. The minimum absolute atomic E-state index is 0.376. The quantitative estimate of drug-likeness (QED) is 0.874. The van der Waals surface area contributed by atoms with Gasteiger partial charge in [-0.25, -0.2) is 9.97 Å². The van der Waals surface area contributed by atoms with Gasteiger partial charge in [-0.2, -0.15) is 0 Å². The Hall–Kier alpha value is -1.00. The van der Waals surface area contributed by atoms with Gasteiger partial charge in [-0.3, -0.25) is 4.90 Å². The summed E-state index contributed by atoms with van der Waals surface area (Å²) in [5, 5.41) is 3.43. The highest BCUT2D eigenvalue weighted by Gasteiger charge is 2.24. The molecule has 2 heterocycles. The fraction of sp³-hybridized carbons (Fsp3) is 0.765. The maximum absolute atomic E-state index is 4.90. The number of aromatic nitrogens is 2. The van der Waals surface area contributed by atoms with E-state index in [1.807, 2.05) is 0 Å². The number of aryl methyl sites for hydroxylation is 1. The lowest BCUT2D eigenvalue weighted by Crippen LogP contribution is -2.45. The molecule has 1 atom stereocenters. The van der Waals surface area contributed by atoms with Gasteiger partial charge in [0.1, 0.15) is 5.82 Å². The van der Waals surface area contributed by atoms with Crippen LogP contribution in [0.5, 0.6) is 0 Å². The molecule has 0 spiro atoms. The maximum Gasteiger partial charge on any atom is 0.145 e. The first-order valence-electron chi connectivity index (χ1n) is 8.48. The van der Waals surface area contributed by atoms with Crippen LogP contribution in [-0.4, -0.2) is 41.0 Å². The van der Waals surface area contributed by atoms with E-state index in [4.69, 9.17) is 9.97 Å². The number of nitrogens with one attached hydrogen (secondary N) is 1. The summed E-state index contributed by atoms with van der Waals surface area (Å²) >= 11 is 0. The first-order valence-corrected chi connectivity index (χ1v) is 8.48. The second-order valence-corrected chi connectivity index (χ2v) is 6.24. The third-order valence-electron chi connectivity index (χ3n) is 4.22. The highest BCUT2D eigenvalue weighted by molar-refractivity contribution is 5.16. The van der Waals surface area contributed by atoms with Crippen LogP contribution in [0, 0.1) is 0 Å². The van der Waals surface area contributed by atoms with Gasteiger partial charge in [-0.1, -0.05) is 34.1 Å². The van der Waals surface area contributed by atoms with E-state index >= 15 is 0 Å². The van der Waals surface area contributed by atoms with E-state index < -0.39 is 0 Å². The third kappa shape index (κ3) is 4.24. The van der Waals surface area contributed by atoms with Crippen LogP contribution in [0.3, 0.4) is 0 Å². The normalized spacial score (nSPS) is 18.1. The van der Waals surface area contributed by atoms with E-state index in [0.29, 0.717) is 12.0 Å². The van der Waals surface area contributed by atoms with Crippen molar-refractivity contribution in [2.45, 2.75) is 58.9 Å². The van der Waals surface area contributed by atoms with Crippen LogP contribution in [0.4, 0.5) is 0 Å². The average molecular weight is 290 g/mol. The predicted octanol–water partition coefficient (Wildman–Crippen LogP) is 2.91. The Morgan fingerprint density at radius 1 is 1.19 bits per heavy atom. The molecule has 1 unspecified atom stereocenters. The van der Waals surface area contributed by atoms with Crippen molar-refractivity contribution in [2.24, 2.45) is 0 Å². The topological polar surface area (TPSA) is 41.1 Å². The number of piperazine rings is 1. The van der Waals surface area contributed by atoms with Gasteiger partial charge in [0.15, 0.2) is 0 Å². The summed E-state index contributed by atoms with van der Waals surface area (Å²) in [5.41, 5.74) is 2.37. The monoisotopic (exact) mass is 290 g/mol. The molecule has 0 radical (unpaired) electrons. The standard InChI is InChI=1S/C17H30N4/c1-5-7-16(21-10-8-18-9-11-21)17-19-14(6-2)12-15(20-17)13(3)4/h12-13,16,18H,5-11H2,1-4H3. The lowest BCUT2D eigenvalue weighted by molar-refractivity contribution is 0.157. The molecule has 0 amide bonds. The zero-order valence-corrected chi connectivity index (χ0v) is 14.0. The summed E-state index contributed by atoms with van der Waals surface area (Å²) in [4.78, 5) is 12.3. The fourth-order valence-corrected chi connectivity index (χ4v) is 2.91. The van der Waals surface area contributed by atoms with E-state index in [1.165, 1.54) is 17.8 Å². The number of rotatable bonds is 6. The van der Waals surface area contributed by atoms with Gasteiger partial charge in [0.05, 0.1) is 6.04 Å². The zero-order chi connectivity index (χ0) is 15.2. The summed E-state index contributed by atoms with van der Waals surface area (Å²) in [7, 11) is 0. The molecular formula is C17H30N4. The highest BCUT2D eigenvalue weighted by atomic mass is 15.2. The van der Waals surface area contributed by atoms with Gasteiger partial charge >= 0.3 is 0 Å². The van der Waals surface area contributed by atoms with Gasteiger partial charge < -0.3 is 5.32 Å². The first-order chi connectivity index (χ1) is 10.2. The van der Waals surface area contributed by atoms with Crippen LogP contribution in [0.15, 0.2) is 6.07 Å².